The Hall–Kier alpha value is -3.36. The molecule has 9 nitrogen and oxygen atoms in total. The van der Waals surface area contributed by atoms with Crippen molar-refractivity contribution >= 4 is 28.8 Å². The number of carbonyl (C=O) groups is 3. The number of rotatable bonds is 7. The minimum absolute atomic E-state index is 0.338. The molecule has 1 atom stereocenters. The number of aryl methyl sites for hydroxylation is 2. The van der Waals surface area contributed by atoms with E-state index in [1.54, 1.807) is 12.1 Å². The fourth-order valence-corrected chi connectivity index (χ4v) is 3.39. The maximum atomic E-state index is 12.3. The Bertz CT molecular complexity index is 1040. The van der Waals surface area contributed by atoms with Crippen LogP contribution >= 0.6 is 0 Å². The van der Waals surface area contributed by atoms with Gasteiger partial charge in [0.15, 0.2) is 6.10 Å². The average Bonchev–Trinajstić information content (AvgIpc) is 3.14. The first-order valence-electron chi connectivity index (χ1n) is 9.26. The summed E-state index contributed by atoms with van der Waals surface area (Å²) in [6.45, 7) is 2.33. The van der Waals surface area contributed by atoms with E-state index in [-0.39, 0.29) is 5.63 Å². The molecule has 1 aliphatic rings. The fraction of sp³-hybridized carbons (Fsp3) is 0.400. The number of fused-ring (bicyclic) bond motifs is 3. The molecule has 154 valence electrons. The molecule has 0 aliphatic heterocycles. The molecular weight excluding hydrogens is 380 g/mol. The molecule has 0 saturated heterocycles. The molecule has 29 heavy (non-hydrogen) atoms. The van der Waals surface area contributed by atoms with Gasteiger partial charge in [-0.1, -0.05) is 0 Å². The zero-order valence-corrected chi connectivity index (χ0v) is 16.1. The van der Waals surface area contributed by atoms with Crippen LogP contribution in [-0.2, 0) is 27.2 Å². The molecule has 0 unspecified atom stereocenters. The molecule has 0 saturated carbocycles. The van der Waals surface area contributed by atoms with Gasteiger partial charge in [0.1, 0.15) is 11.3 Å². The van der Waals surface area contributed by atoms with Gasteiger partial charge in [0.05, 0.1) is 24.4 Å². The van der Waals surface area contributed by atoms with Gasteiger partial charge >= 0.3 is 5.63 Å². The third kappa shape index (κ3) is 4.56. The summed E-state index contributed by atoms with van der Waals surface area (Å²) in [4.78, 5) is 46.3. The van der Waals surface area contributed by atoms with Crippen LogP contribution in [0.3, 0.4) is 0 Å². The predicted molar refractivity (Wildman–Crippen MR) is 100 cm³/mol. The second-order valence-electron chi connectivity index (χ2n) is 6.96. The molecule has 1 aromatic carbocycles. The highest BCUT2D eigenvalue weighted by Crippen LogP contribution is 2.35. The van der Waals surface area contributed by atoms with Crippen molar-refractivity contribution in [2.75, 3.05) is 13.1 Å². The van der Waals surface area contributed by atoms with Crippen molar-refractivity contribution in [3.63, 3.8) is 0 Å². The average molecular weight is 401 g/mol. The maximum absolute atomic E-state index is 12.3. The largest absolute Gasteiger partial charge is 0.548 e. The van der Waals surface area contributed by atoms with E-state index in [0.717, 1.165) is 24.0 Å². The summed E-state index contributed by atoms with van der Waals surface area (Å²) in [6.07, 6.45) is 1.30. The summed E-state index contributed by atoms with van der Waals surface area (Å²) in [5.41, 5.74) is 2.42. The molecule has 1 aromatic heterocycles. The highest BCUT2D eigenvalue weighted by Gasteiger charge is 2.24. The lowest BCUT2D eigenvalue weighted by atomic mass is 10.0. The second-order valence-corrected chi connectivity index (χ2v) is 6.96. The molecule has 2 amide bonds. The zero-order chi connectivity index (χ0) is 21.1. The van der Waals surface area contributed by atoms with Crippen molar-refractivity contribution in [2.45, 2.75) is 39.2 Å². The van der Waals surface area contributed by atoms with Crippen LogP contribution < -0.4 is 26.1 Å². The summed E-state index contributed by atoms with van der Waals surface area (Å²) in [5, 5.41) is 15.5. The Labute approximate surface area is 166 Å². The lowest BCUT2D eigenvalue weighted by Gasteiger charge is -2.18. The molecule has 1 aliphatic carbocycles. The van der Waals surface area contributed by atoms with Gasteiger partial charge in [-0.15, -0.1) is 0 Å². The van der Waals surface area contributed by atoms with Gasteiger partial charge in [0.2, 0.25) is 5.91 Å². The van der Waals surface area contributed by atoms with E-state index in [2.05, 4.69) is 10.6 Å². The smallest absolute Gasteiger partial charge is 0.339 e. The van der Waals surface area contributed by atoms with Gasteiger partial charge in [-0.05, 0) is 56.4 Å². The maximum Gasteiger partial charge on any atom is 0.339 e. The third-order valence-electron chi connectivity index (χ3n) is 4.71. The molecule has 2 aromatic rings. The first-order valence-corrected chi connectivity index (χ1v) is 9.26. The minimum Gasteiger partial charge on any atom is -0.548 e. The first-order chi connectivity index (χ1) is 13.8. The van der Waals surface area contributed by atoms with Crippen LogP contribution in [0.25, 0.3) is 11.0 Å². The molecule has 1 heterocycles. The van der Waals surface area contributed by atoms with Crippen molar-refractivity contribution in [2.24, 2.45) is 0 Å². The van der Waals surface area contributed by atoms with Gasteiger partial charge in [-0.3, -0.25) is 9.59 Å². The molecule has 3 rings (SSSR count). The number of carboxylic acid groups (broad SMARTS) is 1. The minimum atomic E-state index is -1.42. The highest BCUT2D eigenvalue weighted by molar-refractivity contribution is 5.91. The molecule has 9 heteroatoms. The van der Waals surface area contributed by atoms with Gasteiger partial charge < -0.3 is 29.7 Å². The lowest BCUT2D eigenvalue weighted by Crippen LogP contribution is -2.45. The number of hydrogen-bond acceptors (Lipinski definition) is 7. The molecular formula is C20H21N2O7-. The lowest BCUT2D eigenvalue weighted by molar-refractivity contribution is -0.304. The van der Waals surface area contributed by atoms with Crippen LogP contribution in [0.2, 0.25) is 0 Å². The predicted octanol–water partition coefficient (Wildman–Crippen LogP) is -0.660. The van der Waals surface area contributed by atoms with Crippen LogP contribution in [0, 0.1) is 6.92 Å². The van der Waals surface area contributed by atoms with E-state index in [4.69, 9.17) is 9.15 Å². The Balaban J connectivity index is 1.76. The summed E-state index contributed by atoms with van der Waals surface area (Å²) >= 11 is 0. The summed E-state index contributed by atoms with van der Waals surface area (Å²) in [7, 11) is 0. The van der Waals surface area contributed by atoms with Crippen LogP contribution in [0.5, 0.6) is 5.75 Å². The number of nitrogens with one attached hydrogen (secondary N) is 2. The molecule has 0 spiro atoms. The second kappa shape index (κ2) is 8.34. The van der Waals surface area contributed by atoms with E-state index >= 15 is 0 Å². The fourth-order valence-electron chi connectivity index (χ4n) is 3.39. The quantitative estimate of drug-likeness (QED) is 0.588. The van der Waals surface area contributed by atoms with Crippen LogP contribution in [0.15, 0.2) is 21.3 Å². The Morgan fingerprint density at radius 2 is 1.90 bits per heavy atom. The summed E-state index contributed by atoms with van der Waals surface area (Å²) in [6, 6.07) is 3.53. The van der Waals surface area contributed by atoms with E-state index < -0.39 is 37.0 Å². The van der Waals surface area contributed by atoms with E-state index in [1.807, 2.05) is 6.92 Å². The zero-order valence-electron chi connectivity index (χ0n) is 16.1. The highest BCUT2D eigenvalue weighted by atomic mass is 16.5. The Morgan fingerprint density at radius 1 is 1.17 bits per heavy atom. The van der Waals surface area contributed by atoms with Crippen molar-refractivity contribution in [3.8, 4) is 5.75 Å². The summed E-state index contributed by atoms with van der Waals surface area (Å²) in [5.74, 6) is -2.19. The Morgan fingerprint density at radius 3 is 2.62 bits per heavy atom. The standard InChI is InChI=1S/C20H22N2O7/c1-10-6-14(18-12-4-3-5-13(12)20(27)29-15(18)7-10)28-11(2)19(26)22-8-16(23)21-9-17(24)25/h6-7,11H,3-5,8-9H2,1-2H3,(H,21,23)(H,22,26)(H,24,25)/p-1/t11-/m0/s1. The third-order valence-corrected chi connectivity index (χ3v) is 4.71. The van der Waals surface area contributed by atoms with Gasteiger partial charge in [0.25, 0.3) is 5.91 Å². The van der Waals surface area contributed by atoms with Crippen LogP contribution in [0.4, 0.5) is 0 Å². The molecule has 0 fully saturated rings. The molecule has 0 bridgehead atoms. The number of carbonyl (C=O) groups excluding carboxylic acids is 3. The van der Waals surface area contributed by atoms with Crippen molar-refractivity contribution < 1.29 is 28.6 Å². The number of ether oxygens (including phenoxy) is 1. The number of benzene rings is 1. The summed E-state index contributed by atoms with van der Waals surface area (Å²) < 4.78 is 11.3. The monoisotopic (exact) mass is 401 g/mol. The van der Waals surface area contributed by atoms with Gasteiger partial charge in [0, 0.05) is 5.56 Å². The first kappa shape index (κ1) is 20.4. The van der Waals surface area contributed by atoms with Crippen LogP contribution in [-0.4, -0.2) is 37.0 Å². The number of hydrogen-bond donors (Lipinski definition) is 2. The number of amides is 2. The van der Waals surface area contributed by atoms with E-state index in [0.29, 0.717) is 28.7 Å². The van der Waals surface area contributed by atoms with Crippen LogP contribution in [0.1, 0.15) is 30.0 Å². The SMILES string of the molecule is Cc1cc(O[C@@H](C)C(=O)NCC(=O)NCC(=O)[O-])c2c3c(c(=O)oc2c1)CCC3. The van der Waals surface area contributed by atoms with Gasteiger partial charge in [-0.25, -0.2) is 4.79 Å². The topological polar surface area (TPSA) is 138 Å². The Kier molecular flexibility index (Phi) is 5.86. The van der Waals surface area contributed by atoms with Crippen molar-refractivity contribution in [1.29, 1.82) is 0 Å². The number of aliphatic carboxylic acids is 1. The molecule has 2 N–H and O–H groups in total. The van der Waals surface area contributed by atoms with E-state index in [9.17, 15) is 24.3 Å². The molecule has 0 radical (unpaired) electrons. The number of carboxylic acids is 1. The normalized spacial score (nSPS) is 13.6. The van der Waals surface area contributed by atoms with Crippen molar-refractivity contribution in [3.05, 3.63) is 39.2 Å². The van der Waals surface area contributed by atoms with Crippen molar-refractivity contribution in [1.82, 2.24) is 10.6 Å². The van der Waals surface area contributed by atoms with E-state index in [1.165, 1.54) is 6.92 Å². The van der Waals surface area contributed by atoms with Gasteiger partial charge in [-0.2, -0.15) is 0 Å².